The lowest BCUT2D eigenvalue weighted by Gasteiger charge is -2.25. The average Bonchev–Trinajstić information content (AvgIpc) is 4.00. The molecule has 1 aromatic heterocycles. The second-order valence-electron chi connectivity index (χ2n) is 25.8. The van der Waals surface area contributed by atoms with Crippen LogP contribution in [0.1, 0.15) is 111 Å². The largest absolute Gasteiger partial charge is 0.309 e. The number of nitriles is 1. The molecule has 0 aliphatic carbocycles. The summed E-state index contributed by atoms with van der Waals surface area (Å²) < 4.78 is 2.42. The second kappa shape index (κ2) is 20.1. The van der Waals surface area contributed by atoms with Crippen LogP contribution in [0.2, 0.25) is 0 Å². The van der Waals surface area contributed by atoms with Crippen LogP contribution in [0.25, 0.3) is 105 Å². The number of para-hydroxylation sites is 1. The highest BCUT2D eigenvalue weighted by molar-refractivity contribution is 6.12. The molecule has 10 aromatic carbocycles. The van der Waals surface area contributed by atoms with E-state index in [0.717, 1.165) is 60.9 Å². The smallest absolute Gasteiger partial charge is 0.0998 e. The number of aromatic nitrogens is 1. The Labute approximate surface area is 469 Å². The van der Waals surface area contributed by atoms with Crippen LogP contribution in [0.3, 0.4) is 0 Å². The molecule has 0 saturated heterocycles. The van der Waals surface area contributed by atoms with Gasteiger partial charge in [-0.05, 0) is 183 Å². The highest BCUT2D eigenvalue weighted by Crippen LogP contribution is 2.46. The summed E-state index contributed by atoms with van der Waals surface area (Å²) in [7, 11) is 0. The summed E-state index contributed by atoms with van der Waals surface area (Å²) in [6.07, 6.45) is 0. The quantitative estimate of drug-likeness (QED) is 0.149. The molecular weight excluding hydrogens is 953 g/mol. The van der Waals surface area contributed by atoms with Crippen molar-refractivity contribution < 1.29 is 0 Å². The average molecular weight is 1030 g/mol. The maximum atomic E-state index is 10.5. The fourth-order valence-electron chi connectivity index (χ4n) is 12.1. The van der Waals surface area contributed by atoms with Crippen LogP contribution in [-0.2, 0) is 21.7 Å². The molecular formula is C77H72N2. The molecule has 2 heteroatoms. The first kappa shape index (κ1) is 52.5. The van der Waals surface area contributed by atoms with E-state index in [2.05, 4.69) is 294 Å². The Morgan fingerprint density at radius 2 is 0.570 bits per heavy atom. The van der Waals surface area contributed by atoms with E-state index in [0.29, 0.717) is 5.56 Å². The Morgan fingerprint density at radius 3 is 0.911 bits per heavy atom. The highest BCUT2D eigenvalue weighted by atomic mass is 15.0. The van der Waals surface area contributed by atoms with Crippen molar-refractivity contribution in [3.05, 3.63) is 246 Å². The second-order valence-corrected chi connectivity index (χ2v) is 25.8. The number of fused-ring (bicyclic) bond motifs is 3. The Bertz CT molecular complexity index is 3810. The molecule has 0 fully saturated rings. The number of hydrogen-bond donors (Lipinski definition) is 0. The number of hydrogen-bond acceptors (Lipinski definition) is 1. The summed E-state index contributed by atoms with van der Waals surface area (Å²) in [6.45, 7) is 27.8. The Morgan fingerprint density at radius 1 is 0.278 bits per heavy atom. The fourth-order valence-corrected chi connectivity index (χ4v) is 12.1. The maximum absolute atomic E-state index is 10.5. The van der Waals surface area contributed by atoms with Crippen LogP contribution >= 0.6 is 0 Å². The molecule has 79 heavy (non-hydrogen) atoms. The predicted octanol–water partition coefficient (Wildman–Crippen LogP) is 21.5. The molecule has 0 radical (unpaired) electrons. The van der Waals surface area contributed by atoms with Crippen LogP contribution in [0.5, 0.6) is 0 Å². The molecule has 0 amide bonds. The van der Waals surface area contributed by atoms with Gasteiger partial charge in [0, 0.05) is 21.9 Å². The molecule has 0 bridgehead atoms. The molecule has 2 nitrogen and oxygen atoms in total. The van der Waals surface area contributed by atoms with Gasteiger partial charge in [0.1, 0.15) is 0 Å². The third-order valence-corrected chi connectivity index (χ3v) is 16.0. The van der Waals surface area contributed by atoms with Gasteiger partial charge in [0.25, 0.3) is 0 Å². The number of rotatable bonds is 8. The Hall–Kier alpha value is -8.51. The summed E-state index contributed by atoms with van der Waals surface area (Å²) in [4.78, 5) is 0. The van der Waals surface area contributed by atoms with E-state index in [9.17, 15) is 5.26 Å². The topological polar surface area (TPSA) is 28.7 Å². The van der Waals surface area contributed by atoms with E-state index in [1.54, 1.807) is 0 Å². The van der Waals surface area contributed by atoms with Crippen molar-refractivity contribution in [2.45, 2.75) is 105 Å². The van der Waals surface area contributed by atoms with Crippen molar-refractivity contribution in [1.29, 1.82) is 5.26 Å². The van der Waals surface area contributed by atoms with Gasteiger partial charge in [0.2, 0.25) is 0 Å². The van der Waals surface area contributed by atoms with E-state index in [1.807, 2.05) is 18.2 Å². The first-order valence-corrected chi connectivity index (χ1v) is 28.0. The van der Waals surface area contributed by atoms with Crippen molar-refractivity contribution >= 4 is 21.8 Å². The minimum Gasteiger partial charge on any atom is -0.309 e. The first-order valence-electron chi connectivity index (χ1n) is 28.0. The Kier molecular flexibility index (Phi) is 13.3. The van der Waals surface area contributed by atoms with Crippen LogP contribution in [0.4, 0.5) is 0 Å². The zero-order valence-corrected chi connectivity index (χ0v) is 48.2. The first-order chi connectivity index (χ1) is 37.7. The molecule has 11 rings (SSSR count). The summed E-state index contributed by atoms with van der Waals surface area (Å²) in [5.41, 5.74) is 25.2. The van der Waals surface area contributed by atoms with Crippen molar-refractivity contribution in [3.63, 3.8) is 0 Å². The van der Waals surface area contributed by atoms with E-state index < -0.39 is 0 Å². The third kappa shape index (κ3) is 10.0. The molecule has 0 aliphatic rings. The fraction of sp³-hybridized carbons (Fsp3) is 0.208. The summed E-state index contributed by atoms with van der Waals surface area (Å²) >= 11 is 0. The summed E-state index contributed by atoms with van der Waals surface area (Å²) in [5, 5.41) is 12.8. The number of benzene rings is 10. The highest BCUT2D eigenvalue weighted by Gasteiger charge is 2.26. The van der Waals surface area contributed by atoms with Gasteiger partial charge in [-0.2, -0.15) is 5.26 Å². The van der Waals surface area contributed by atoms with E-state index in [1.165, 1.54) is 66.8 Å². The van der Waals surface area contributed by atoms with Gasteiger partial charge in [-0.1, -0.05) is 229 Å². The van der Waals surface area contributed by atoms with Crippen LogP contribution < -0.4 is 0 Å². The lowest BCUT2D eigenvalue weighted by atomic mass is 9.79. The van der Waals surface area contributed by atoms with Gasteiger partial charge in [0.15, 0.2) is 0 Å². The zero-order chi connectivity index (χ0) is 55.6. The van der Waals surface area contributed by atoms with Crippen molar-refractivity contribution in [2.75, 3.05) is 0 Å². The molecule has 0 atom stereocenters. The number of nitrogens with zero attached hydrogens (tertiary/aromatic N) is 2. The molecule has 0 spiro atoms. The van der Waals surface area contributed by atoms with Gasteiger partial charge in [-0.25, -0.2) is 0 Å². The molecule has 11 aromatic rings. The van der Waals surface area contributed by atoms with E-state index in [-0.39, 0.29) is 21.7 Å². The standard InChI is InChI=1S/C77H72N2/c1-74(2,3)67-32-20-15-27-60(67)55-41-53(42-56(45-55)61-28-16-21-33-68(61)75(4,5)6)50-37-39-72-65(47-50)66-48-51(38-40-73(66)79(72)71-36-24-19-31-64(71)59-26-14-13-25-52(59)49-78)54-43-57(62-29-17-22-34-69(62)76(7,8)9)46-58(44-54)63-30-18-23-35-70(63)77(10,11)12/h13-48H,1-12H3. The normalized spacial score (nSPS) is 12.3. The van der Waals surface area contributed by atoms with Crippen molar-refractivity contribution in [3.8, 4) is 89.6 Å². The lowest BCUT2D eigenvalue weighted by molar-refractivity contribution is 0.591. The van der Waals surface area contributed by atoms with Gasteiger partial charge in [-0.3, -0.25) is 0 Å². The van der Waals surface area contributed by atoms with Crippen LogP contribution in [0, 0.1) is 11.3 Å². The molecule has 0 N–H and O–H groups in total. The van der Waals surface area contributed by atoms with Gasteiger partial charge < -0.3 is 4.57 Å². The van der Waals surface area contributed by atoms with Crippen LogP contribution in [0.15, 0.2) is 218 Å². The monoisotopic (exact) mass is 1020 g/mol. The molecule has 0 unspecified atom stereocenters. The van der Waals surface area contributed by atoms with Gasteiger partial charge in [-0.15, -0.1) is 0 Å². The van der Waals surface area contributed by atoms with Crippen molar-refractivity contribution in [1.82, 2.24) is 4.57 Å². The van der Waals surface area contributed by atoms with Crippen molar-refractivity contribution in [2.24, 2.45) is 0 Å². The summed E-state index contributed by atoms with van der Waals surface area (Å²) in [6, 6.07) is 83.3. The molecule has 390 valence electrons. The molecule has 0 aliphatic heterocycles. The minimum absolute atomic E-state index is 0.0647. The lowest BCUT2D eigenvalue weighted by Crippen LogP contribution is -2.13. The molecule has 1 heterocycles. The van der Waals surface area contributed by atoms with Crippen LogP contribution in [-0.4, -0.2) is 4.57 Å². The summed E-state index contributed by atoms with van der Waals surface area (Å²) in [5.74, 6) is 0. The third-order valence-electron chi connectivity index (χ3n) is 16.0. The zero-order valence-electron chi connectivity index (χ0n) is 48.2. The predicted molar refractivity (Wildman–Crippen MR) is 338 cm³/mol. The Balaban J connectivity index is 1.21. The van der Waals surface area contributed by atoms with E-state index in [4.69, 9.17) is 0 Å². The minimum atomic E-state index is -0.0647. The molecule has 0 saturated carbocycles. The van der Waals surface area contributed by atoms with E-state index >= 15 is 0 Å². The van der Waals surface area contributed by atoms with Gasteiger partial charge in [0.05, 0.1) is 28.4 Å². The SMILES string of the molecule is CC(C)(C)c1ccccc1-c1cc(-c2ccc3c(c2)c2cc(-c4cc(-c5ccccc5C(C)(C)C)cc(-c5ccccc5C(C)(C)C)c4)ccc2n3-c2ccccc2-c2ccccc2C#N)cc(-c2ccccc2C(C)(C)C)c1. The maximum Gasteiger partial charge on any atom is 0.0998 e. The van der Waals surface area contributed by atoms with Gasteiger partial charge >= 0.3 is 0 Å².